The molecular formula is C11H17NS. The first-order valence-corrected chi connectivity index (χ1v) is 6.60. The molecule has 1 nitrogen and oxygen atoms in total. The van der Waals surface area contributed by atoms with Crippen molar-refractivity contribution >= 4 is 11.8 Å². The summed E-state index contributed by atoms with van der Waals surface area (Å²) in [6.07, 6.45) is 8.54. The van der Waals surface area contributed by atoms with E-state index in [1.54, 1.807) is 0 Å². The highest BCUT2D eigenvalue weighted by Gasteiger charge is 2.50. The van der Waals surface area contributed by atoms with Crippen LogP contribution >= 0.6 is 11.8 Å². The molecule has 2 bridgehead atoms. The van der Waals surface area contributed by atoms with E-state index < -0.39 is 0 Å². The van der Waals surface area contributed by atoms with E-state index in [2.05, 4.69) is 12.3 Å². The van der Waals surface area contributed by atoms with Crippen LogP contribution in [0.3, 0.4) is 0 Å². The summed E-state index contributed by atoms with van der Waals surface area (Å²) in [5.74, 6) is 2.80. The predicted molar refractivity (Wildman–Crippen MR) is 56.5 cm³/mol. The smallest absolute Gasteiger partial charge is 0.0693 e. The summed E-state index contributed by atoms with van der Waals surface area (Å²) in [6.45, 7) is 0. The molecule has 0 spiro atoms. The minimum atomic E-state index is 0.0892. The Morgan fingerprint density at radius 3 is 2.85 bits per heavy atom. The molecule has 2 saturated carbocycles. The van der Waals surface area contributed by atoms with Crippen LogP contribution in [0.5, 0.6) is 0 Å². The molecule has 2 rings (SSSR count). The fourth-order valence-corrected chi connectivity index (χ4v) is 3.80. The number of fused-ring (bicyclic) bond motifs is 2. The molecule has 2 aliphatic rings. The van der Waals surface area contributed by atoms with E-state index in [9.17, 15) is 5.26 Å². The zero-order valence-electron chi connectivity index (χ0n) is 8.25. The van der Waals surface area contributed by atoms with Crippen LogP contribution in [-0.2, 0) is 0 Å². The average molecular weight is 195 g/mol. The molecule has 0 aromatic rings. The topological polar surface area (TPSA) is 23.8 Å². The minimum absolute atomic E-state index is 0.0892. The number of nitrogens with zero attached hydrogens (tertiary/aromatic N) is 1. The molecular weight excluding hydrogens is 178 g/mol. The maximum atomic E-state index is 9.31. The van der Waals surface area contributed by atoms with Crippen LogP contribution in [0.15, 0.2) is 0 Å². The molecule has 0 saturated heterocycles. The van der Waals surface area contributed by atoms with Crippen molar-refractivity contribution in [2.24, 2.45) is 17.3 Å². The summed E-state index contributed by atoms with van der Waals surface area (Å²) >= 11 is 1.88. The molecule has 0 aliphatic heterocycles. The quantitative estimate of drug-likeness (QED) is 0.691. The Morgan fingerprint density at radius 1 is 1.54 bits per heavy atom. The third-order valence-corrected chi connectivity index (χ3v) is 4.56. The fourth-order valence-electron chi connectivity index (χ4n) is 3.23. The van der Waals surface area contributed by atoms with Crippen LogP contribution in [-0.4, -0.2) is 12.0 Å². The second-order valence-electron chi connectivity index (χ2n) is 4.59. The number of rotatable bonds is 3. The number of hydrogen-bond acceptors (Lipinski definition) is 2. The molecule has 0 aromatic carbocycles. The van der Waals surface area contributed by atoms with Gasteiger partial charge in [0.25, 0.3) is 0 Å². The Hall–Kier alpha value is -0.160. The van der Waals surface area contributed by atoms with Crippen molar-refractivity contribution in [1.82, 2.24) is 0 Å². The zero-order valence-corrected chi connectivity index (χ0v) is 9.07. The van der Waals surface area contributed by atoms with E-state index >= 15 is 0 Å². The van der Waals surface area contributed by atoms with Gasteiger partial charge in [-0.05, 0) is 49.5 Å². The monoisotopic (exact) mass is 195 g/mol. The van der Waals surface area contributed by atoms with Crippen LogP contribution in [0.25, 0.3) is 0 Å². The lowest BCUT2D eigenvalue weighted by atomic mass is 9.72. The summed E-state index contributed by atoms with van der Waals surface area (Å²) in [4.78, 5) is 0. The molecule has 13 heavy (non-hydrogen) atoms. The molecule has 0 aromatic heterocycles. The Labute approximate surface area is 84.9 Å². The van der Waals surface area contributed by atoms with Gasteiger partial charge in [-0.1, -0.05) is 6.42 Å². The molecule has 2 fully saturated rings. The summed E-state index contributed by atoms with van der Waals surface area (Å²) in [6, 6.07) is 2.63. The van der Waals surface area contributed by atoms with Crippen LogP contribution in [0.1, 0.15) is 32.1 Å². The lowest BCUT2D eigenvalue weighted by Gasteiger charge is -2.30. The summed E-state index contributed by atoms with van der Waals surface area (Å²) in [7, 11) is 0. The van der Waals surface area contributed by atoms with Gasteiger partial charge in [-0.15, -0.1) is 0 Å². The Bertz CT molecular complexity index is 233. The minimum Gasteiger partial charge on any atom is -0.198 e. The van der Waals surface area contributed by atoms with E-state index in [-0.39, 0.29) is 5.41 Å². The van der Waals surface area contributed by atoms with Gasteiger partial charge in [0.05, 0.1) is 11.5 Å². The molecule has 72 valence electrons. The van der Waals surface area contributed by atoms with Crippen LogP contribution in [0.2, 0.25) is 0 Å². The van der Waals surface area contributed by atoms with Crippen LogP contribution in [0, 0.1) is 28.6 Å². The Balaban J connectivity index is 2.05. The highest BCUT2D eigenvalue weighted by Crippen LogP contribution is 2.57. The zero-order chi connectivity index (χ0) is 9.31. The molecule has 0 amide bonds. The van der Waals surface area contributed by atoms with Crippen molar-refractivity contribution in [2.45, 2.75) is 32.1 Å². The van der Waals surface area contributed by atoms with Gasteiger partial charge in [0.15, 0.2) is 0 Å². The first-order valence-electron chi connectivity index (χ1n) is 5.21. The van der Waals surface area contributed by atoms with Gasteiger partial charge in [0.1, 0.15) is 0 Å². The van der Waals surface area contributed by atoms with Crippen molar-refractivity contribution in [3.05, 3.63) is 0 Å². The normalized spacial score (nSPS) is 42.2. The van der Waals surface area contributed by atoms with Crippen molar-refractivity contribution in [1.29, 1.82) is 5.26 Å². The number of thioether (sulfide) groups is 1. The van der Waals surface area contributed by atoms with Crippen molar-refractivity contribution in [2.75, 3.05) is 12.0 Å². The van der Waals surface area contributed by atoms with Gasteiger partial charge < -0.3 is 0 Å². The number of nitriles is 1. The van der Waals surface area contributed by atoms with Gasteiger partial charge in [-0.2, -0.15) is 17.0 Å². The lowest BCUT2D eigenvalue weighted by molar-refractivity contribution is 0.234. The van der Waals surface area contributed by atoms with Crippen molar-refractivity contribution in [3.63, 3.8) is 0 Å². The third kappa shape index (κ3) is 1.48. The van der Waals surface area contributed by atoms with Gasteiger partial charge >= 0.3 is 0 Å². The standard InChI is InChI=1S/C11H17NS/c1-13-5-4-11(8-12)7-9-2-3-10(11)6-9/h9-10H,2-7H2,1H3. The first-order chi connectivity index (χ1) is 6.30. The SMILES string of the molecule is CSCCC1(C#N)CC2CCC1C2. The Kier molecular flexibility index (Phi) is 2.55. The predicted octanol–water partition coefficient (Wildman–Crippen LogP) is 3.07. The molecule has 0 N–H and O–H groups in total. The fraction of sp³-hybridized carbons (Fsp3) is 0.909. The first kappa shape index (κ1) is 9.40. The van der Waals surface area contributed by atoms with Crippen molar-refractivity contribution in [3.8, 4) is 6.07 Å². The summed E-state index contributed by atoms with van der Waals surface area (Å²) in [5.41, 5.74) is 0.0892. The lowest BCUT2D eigenvalue weighted by Crippen LogP contribution is -2.26. The maximum Gasteiger partial charge on any atom is 0.0693 e. The molecule has 2 heteroatoms. The summed E-state index contributed by atoms with van der Waals surface area (Å²) < 4.78 is 0. The van der Waals surface area contributed by atoms with Gasteiger partial charge in [0, 0.05) is 0 Å². The molecule has 0 heterocycles. The molecule has 3 unspecified atom stereocenters. The highest BCUT2D eigenvalue weighted by molar-refractivity contribution is 7.98. The summed E-state index contributed by atoms with van der Waals surface area (Å²) in [5, 5.41) is 9.31. The second-order valence-corrected chi connectivity index (χ2v) is 5.58. The van der Waals surface area contributed by atoms with E-state index in [0.29, 0.717) is 0 Å². The molecule has 3 atom stereocenters. The van der Waals surface area contributed by atoms with E-state index in [1.807, 2.05) is 11.8 Å². The Morgan fingerprint density at radius 2 is 2.38 bits per heavy atom. The van der Waals surface area contributed by atoms with Crippen LogP contribution < -0.4 is 0 Å². The van der Waals surface area contributed by atoms with Gasteiger partial charge in [-0.25, -0.2) is 0 Å². The van der Waals surface area contributed by atoms with E-state index in [1.165, 1.54) is 25.7 Å². The average Bonchev–Trinajstić information content (AvgIpc) is 2.74. The number of hydrogen-bond donors (Lipinski definition) is 0. The molecule has 0 radical (unpaired) electrons. The van der Waals surface area contributed by atoms with Crippen LogP contribution in [0.4, 0.5) is 0 Å². The highest BCUT2D eigenvalue weighted by atomic mass is 32.2. The van der Waals surface area contributed by atoms with Crippen molar-refractivity contribution < 1.29 is 0 Å². The third-order valence-electron chi connectivity index (χ3n) is 3.95. The van der Waals surface area contributed by atoms with E-state index in [0.717, 1.165) is 24.0 Å². The van der Waals surface area contributed by atoms with Gasteiger partial charge in [0.2, 0.25) is 0 Å². The second kappa shape index (κ2) is 3.53. The van der Waals surface area contributed by atoms with Gasteiger partial charge in [-0.3, -0.25) is 0 Å². The largest absolute Gasteiger partial charge is 0.198 e. The maximum absolute atomic E-state index is 9.31. The molecule has 2 aliphatic carbocycles. The van der Waals surface area contributed by atoms with E-state index in [4.69, 9.17) is 0 Å².